The molecule has 2 aromatic carbocycles. The molecule has 5 aromatic rings. The summed E-state index contributed by atoms with van der Waals surface area (Å²) in [4.78, 5) is 17.2. The fraction of sp³-hybridized carbons (Fsp3) is 0.115. The lowest BCUT2D eigenvalue weighted by Crippen LogP contribution is -2.31. The van der Waals surface area contributed by atoms with Crippen molar-refractivity contribution >= 4 is 11.6 Å². The summed E-state index contributed by atoms with van der Waals surface area (Å²) < 4.78 is 16.9. The Morgan fingerprint density at radius 2 is 1.91 bits per heavy atom. The number of aliphatic hydroxyl groups is 1. The summed E-state index contributed by atoms with van der Waals surface area (Å²) in [7, 11) is 0. The molecular weight excluding hydrogens is 433 g/mol. The van der Waals surface area contributed by atoms with Gasteiger partial charge in [-0.3, -0.25) is 14.3 Å². The first kappa shape index (κ1) is 21.5. The maximum absolute atomic E-state index is 15.0. The quantitative estimate of drug-likeness (QED) is 0.356. The van der Waals surface area contributed by atoms with E-state index < -0.39 is 17.8 Å². The van der Waals surface area contributed by atoms with Crippen molar-refractivity contribution in [3.8, 4) is 22.4 Å². The fourth-order valence-electron chi connectivity index (χ4n) is 4.01. The summed E-state index contributed by atoms with van der Waals surface area (Å²) >= 11 is 0. The molecule has 0 fully saturated rings. The second kappa shape index (κ2) is 8.92. The highest BCUT2D eigenvalue weighted by molar-refractivity contribution is 5.95. The topological polar surface area (TPSA) is 95.3 Å². The molecule has 3 heterocycles. The maximum Gasteiger partial charge on any atom is 0.254 e. The van der Waals surface area contributed by atoms with E-state index in [-0.39, 0.29) is 12.2 Å². The number of nitrogens with zero attached hydrogens (tertiary/aromatic N) is 3. The monoisotopic (exact) mass is 455 g/mol. The van der Waals surface area contributed by atoms with Gasteiger partial charge in [-0.1, -0.05) is 36.4 Å². The Hall–Kier alpha value is -4.30. The molecule has 3 N–H and O–H groups in total. The molecule has 170 valence electrons. The van der Waals surface area contributed by atoms with Crippen LogP contribution in [0.2, 0.25) is 0 Å². The number of benzene rings is 2. The van der Waals surface area contributed by atoms with Crippen LogP contribution in [0.25, 0.3) is 28.0 Å². The Balaban J connectivity index is 1.44. The van der Waals surface area contributed by atoms with Crippen molar-refractivity contribution in [1.82, 2.24) is 24.9 Å². The van der Waals surface area contributed by atoms with Crippen molar-refractivity contribution in [2.75, 3.05) is 6.61 Å². The number of rotatable bonds is 6. The molecule has 0 saturated heterocycles. The number of aromatic amines is 1. The standard InChI is InChI=1S/C26H22FN5O2/c1-16-21(12-29-31-16)19-8-10-25-28-13-24(32(25)14-19)18-7-9-20(22(27)11-18)26(34)30-23(15-33)17-5-3-2-4-6-17/h2-14,23,33H,15H2,1H3,(H,29,31)(H,30,34)/t23-/m0/s1. The first-order chi connectivity index (χ1) is 16.5. The smallest absolute Gasteiger partial charge is 0.254 e. The van der Waals surface area contributed by atoms with Crippen molar-refractivity contribution in [3.63, 3.8) is 0 Å². The van der Waals surface area contributed by atoms with E-state index in [0.717, 1.165) is 28.0 Å². The van der Waals surface area contributed by atoms with Crippen LogP contribution in [0, 0.1) is 12.7 Å². The largest absolute Gasteiger partial charge is 0.394 e. The predicted octanol–water partition coefficient (Wildman–Crippen LogP) is 4.30. The number of hydrogen-bond donors (Lipinski definition) is 3. The van der Waals surface area contributed by atoms with E-state index in [1.807, 2.05) is 47.9 Å². The Kier molecular flexibility index (Phi) is 5.65. The summed E-state index contributed by atoms with van der Waals surface area (Å²) in [6, 6.07) is 16.7. The van der Waals surface area contributed by atoms with Crippen LogP contribution in [0.3, 0.4) is 0 Å². The number of aromatic nitrogens is 4. The molecule has 1 amide bonds. The Morgan fingerprint density at radius 1 is 1.12 bits per heavy atom. The van der Waals surface area contributed by atoms with Crippen LogP contribution in [-0.4, -0.2) is 37.2 Å². The zero-order valence-corrected chi connectivity index (χ0v) is 18.4. The highest BCUT2D eigenvalue weighted by Gasteiger charge is 2.19. The molecule has 8 heteroatoms. The van der Waals surface area contributed by atoms with Gasteiger partial charge in [-0.25, -0.2) is 9.37 Å². The number of nitrogens with one attached hydrogen (secondary N) is 2. The van der Waals surface area contributed by atoms with E-state index in [4.69, 9.17) is 0 Å². The molecule has 0 aliphatic heterocycles. The summed E-state index contributed by atoms with van der Waals surface area (Å²) in [5, 5.41) is 19.4. The third-order valence-corrected chi connectivity index (χ3v) is 5.85. The van der Waals surface area contributed by atoms with Crippen LogP contribution in [0.5, 0.6) is 0 Å². The number of fused-ring (bicyclic) bond motifs is 1. The molecule has 0 bridgehead atoms. The minimum absolute atomic E-state index is 0.0957. The van der Waals surface area contributed by atoms with Crippen LogP contribution in [0.1, 0.15) is 27.7 Å². The molecule has 34 heavy (non-hydrogen) atoms. The molecule has 0 aliphatic rings. The van der Waals surface area contributed by atoms with Crippen LogP contribution in [0.15, 0.2) is 79.3 Å². The average molecular weight is 455 g/mol. The van der Waals surface area contributed by atoms with Crippen molar-refractivity contribution in [2.24, 2.45) is 0 Å². The number of pyridine rings is 1. The average Bonchev–Trinajstić information content (AvgIpc) is 3.48. The Bertz CT molecular complexity index is 1480. The number of imidazole rings is 1. The molecule has 0 saturated carbocycles. The van der Waals surface area contributed by atoms with Gasteiger partial charge in [0.15, 0.2) is 0 Å². The van der Waals surface area contributed by atoms with E-state index in [2.05, 4.69) is 20.5 Å². The zero-order chi connectivity index (χ0) is 23.7. The van der Waals surface area contributed by atoms with Gasteiger partial charge in [0.1, 0.15) is 11.5 Å². The molecule has 3 aromatic heterocycles. The zero-order valence-electron chi connectivity index (χ0n) is 18.4. The van der Waals surface area contributed by atoms with Crippen molar-refractivity contribution < 1.29 is 14.3 Å². The SMILES string of the molecule is Cc1[nH]ncc1-c1ccc2ncc(-c3ccc(C(=O)N[C@@H](CO)c4ccccc4)c(F)c3)n2c1. The van der Waals surface area contributed by atoms with Gasteiger partial charge >= 0.3 is 0 Å². The lowest BCUT2D eigenvalue weighted by molar-refractivity contribution is 0.0912. The molecular formula is C26H22FN5O2. The van der Waals surface area contributed by atoms with Crippen molar-refractivity contribution in [2.45, 2.75) is 13.0 Å². The number of halogens is 1. The predicted molar refractivity (Wildman–Crippen MR) is 127 cm³/mol. The minimum Gasteiger partial charge on any atom is -0.394 e. The lowest BCUT2D eigenvalue weighted by atomic mass is 10.1. The van der Waals surface area contributed by atoms with Gasteiger partial charge in [0, 0.05) is 28.6 Å². The molecule has 5 rings (SSSR count). The van der Waals surface area contributed by atoms with Gasteiger partial charge in [0.2, 0.25) is 0 Å². The number of aliphatic hydroxyl groups excluding tert-OH is 1. The van der Waals surface area contributed by atoms with Crippen LogP contribution in [0.4, 0.5) is 4.39 Å². The first-order valence-electron chi connectivity index (χ1n) is 10.8. The summed E-state index contributed by atoms with van der Waals surface area (Å²) in [6.07, 6.45) is 5.36. The molecule has 0 unspecified atom stereocenters. The normalized spacial score (nSPS) is 12.1. The Morgan fingerprint density at radius 3 is 2.62 bits per heavy atom. The van der Waals surface area contributed by atoms with E-state index in [0.29, 0.717) is 11.3 Å². The number of amides is 1. The molecule has 0 aliphatic carbocycles. The second-order valence-corrected chi connectivity index (χ2v) is 8.01. The first-order valence-corrected chi connectivity index (χ1v) is 10.8. The van der Waals surface area contributed by atoms with E-state index in [1.165, 1.54) is 12.1 Å². The number of aryl methyl sites for hydroxylation is 1. The molecule has 0 radical (unpaired) electrons. The van der Waals surface area contributed by atoms with Gasteiger partial charge in [-0.05, 0) is 36.8 Å². The van der Waals surface area contributed by atoms with Gasteiger partial charge in [0.25, 0.3) is 5.91 Å². The van der Waals surface area contributed by atoms with Gasteiger partial charge in [-0.2, -0.15) is 5.10 Å². The third kappa shape index (κ3) is 3.95. The molecule has 7 nitrogen and oxygen atoms in total. The lowest BCUT2D eigenvalue weighted by Gasteiger charge is -2.17. The van der Waals surface area contributed by atoms with Gasteiger partial charge in [-0.15, -0.1) is 0 Å². The van der Waals surface area contributed by atoms with Crippen molar-refractivity contribution in [1.29, 1.82) is 0 Å². The van der Waals surface area contributed by atoms with E-state index in [1.54, 1.807) is 30.6 Å². The van der Waals surface area contributed by atoms with Crippen LogP contribution in [-0.2, 0) is 0 Å². The maximum atomic E-state index is 15.0. The van der Waals surface area contributed by atoms with Crippen LogP contribution >= 0.6 is 0 Å². The van der Waals surface area contributed by atoms with Crippen LogP contribution < -0.4 is 5.32 Å². The number of hydrogen-bond acceptors (Lipinski definition) is 4. The van der Waals surface area contributed by atoms with Crippen molar-refractivity contribution in [3.05, 3.63) is 102 Å². The van der Waals surface area contributed by atoms with Gasteiger partial charge in [0.05, 0.1) is 36.3 Å². The number of H-pyrrole nitrogens is 1. The number of carbonyl (C=O) groups is 1. The number of carbonyl (C=O) groups excluding carboxylic acids is 1. The van der Waals surface area contributed by atoms with E-state index in [9.17, 15) is 9.90 Å². The Labute approximate surface area is 194 Å². The fourth-order valence-corrected chi connectivity index (χ4v) is 4.01. The summed E-state index contributed by atoms with van der Waals surface area (Å²) in [6.45, 7) is 1.65. The second-order valence-electron chi connectivity index (χ2n) is 8.01. The summed E-state index contributed by atoms with van der Waals surface area (Å²) in [5.41, 5.74) is 5.51. The third-order valence-electron chi connectivity index (χ3n) is 5.85. The molecule has 0 spiro atoms. The van der Waals surface area contributed by atoms with E-state index >= 15 is 4.39 Å². The highest BCUT2D eigenvalue weighted by atomic mass is 19.1. The minimum atomic E-state index is -0.656. The van der Waals surface area contributed by atoms with Gasteiger partial charge < -0.3 is 10.4 Å². The summed E-state index contributed by atoms with van der Waals surface area (Å²) in [5.74, 6) is -1.25. The molecule has 1 atom stereocenters. The highest BCUT2D eigenvalue weighted by Crippen LogP contribution is 2.27.